The highest BCUT2D eigenvalue weighted by molar-refractivity contribution is 7.14. The molecule has 3 nitrogen and oxygen atoms in total. The van der Waals surface area contributed by atoms with E-state index in [1.165, 1.54) is 0 Å². The average molecular weight is 253 g/mol. The Bertz CT molecular complexity index is 237. The van der Waals surface area contributed by atoms with E-state index in [-0.39, 0.29) is 24.0 Å². The molecule has 0 bridgehead atoms. The van der Waals surface area contributed by atoms with Gasteiger partial charge in [0.25, 0.3) is 0 Å². The summed E-state index contributed by atoms with van der Waals surface area (Å²) in [6, 6.07) is 0. The third-order valence-corrected chi connectivity index (χ3v) is 1.73. The normalized spacial score (nSPS) is 9.33. The Morgan fingerprint density at radius 1 is 1.67 bits per heavy atom. The lowest BCUT2D eigenvalue weighted by Crippen LogP contribution is -3.00. The first-order valence-corrected chi connectivity index (χ1v) is 3.13. The molecule has 0 aliphatic heterocycles. The van der Waals surface area contributed by atoms with Gasteiger partial charge in [-0.05, 0) is 16.3 Å². The second-order valence-corrected chi connectivity index (χ2v) is 2.32. The van der Waals surface area contributed by atoms with Crippen molar-refractivity contribution in [3.63, 3.8) is 0 Å². The quantitative estimate of drug-likeness (QED) is 0.399. The molecule has 2 aromatic heterocycles. The van der Waals surface area contributed by atoms with E-state index in [0.29, 0.717) is 0 Å². The summed E-state index contributed by atoms with van der Waals surface area (Å²) in [4.78, 5) is 5.01. The van der Waals surface area contributed by atoms with Crippen LogP contribution in [0.25, 0.3) is 4.96 Å². The van der Waals surface area contributed by atoms with E-state index in [1.54, 1.807) is 17.7 Å². The lowest BCUT2D eigenvalue weighted by Gasteiger charge is -1.60. The van der Waals surface area contributed by atoms with Gasteiger partial charge in [0.15, 0.2) is 0 Å². The zero-order valence-electron chi connectivity index (χ0n) is 4.41. The molecule has 0 aromatic carbocycles. The predicted octanol–water partition coefficient (Wildman–Crippen LogP) is -2.79. The summed E-state index contributed by atoms with van der Waals surface area (Å²) in [6.45, 7) is 0. The zero-order valence-corrected chi connectivity index (χ0v) is 7.39. The molecule has 0 aliphatic rings. The Labute approximate surface area is 72.7 Å². The van der Waals surface area contributed by atoms with Crippen molar-refractivity contribution in [2.24, 2.45) is 0 Å². The maximum absolute atomic E-state index is 4.00. The average Bonchev–Trinajstić information content (AvgIpc) is 2.15. The molecular weight excluding hydrogens is 249 g/mol. The van der Waals surface area contributed by atoms with Gasteiger partial charge in [-0.3, -0.25) is 0 Å². The number of rotatable bonds is 0. The molecule has 0 saturated heterocycles. The Kier molecular flexibility index (Phi) is 2.01. The third-order valence-electron chi connectivity index (χ3n) is 0.961. The monoisotopic (exact) mass is 253 g/mol. The number of nitrogens with one attached hydrogen (secondary N) is 1. The largest absolute Gasteiger partial charge is 1.00 e. The van der Waals surface area contributed by atoms with Crippen LogP contribution in [-0.2, 0) is 0 Å². The number of fused-ring (bicyclic) bond motifs is 1. The number of thiazole rings is 1. The first kappa shape index (κ1) is 6.94. The molecule has 9 heavy (non-hydrogen) atoms. The van der Waals surface area contributed by atoms with Crippen molar-refractivity contribution in [3.05, 3.63) is 17.9 Å². The minimum Gasteiger partial charge on any atom is -1.00 e. The molecule has 48 valence electrons. The van der Waals surface area contributed by atoms with Gasteiger partial charge >= 0.3 is 4.96 Å². The van der Waals surface area contributed by atoms with Gasteiger partial charge in [-0.2, -0.15) is 5.10 Å². The summed E-state index contributed by atoms with van der Waals surface area (Å²) < 4.78 is 1.87. The number of halogens is 1. The van der Waals surface area contributed by atoms with Crippen molar-refractivity contribution in [2.45, 2.75) is 0 Å². The van der Waals surface area contributed by atoms with Gasteiger partial charge in [-0.15, -0.1) is 4.52 Å². The highest BCUT2D eigenvalue weighted by atomic mass is 127. The van der Waals surface area contributed by atoms with Crippen LogP contribution in [0, 0.1) is 0 Å². The van der Waals surface area contributed by atoms with Crippen molar-refractivity contribution < 1.29 is 28.5 Å². The Hall–Kier alpha value is -0.170. The van der Waals surface area contributed by atoms with Gasteiger partial charge in [-0.25, -0.2) is 0 Å². The number of aromatic amines is 1. The molecule has 5 heteroatoms. The van der Waals surface area contributed by atoms with Crippen molar-refractivity contribution in [1.82, 2.24) is 10.1 Å². The highest BCUT2D eigenvalue weighted by Gasteiger charge is 2.01. The van der Waals surface area contributed by atoms with E-state index in [2.05, 4.69) is 10.1 Å². The van der Waals surface area contributed by atoms with E-state index in [4.69, 9.17) is 0 Å². The molecule has 0 radical (unpaired) electrons. The van der Waals surface area contributed by atoms with Crippen molar-refractivity contribution in [1.29, 1.82) is 0 Å². The first-order chi connectivity index (χ1) is 3.97. The molecule has 1 N–H and O–H groups in total. The predicted molar refractivity (Wildman–Crippen MR) is 29.6 cm³/mol. The molecule has 2 heterocycles. The van der Waals surface area contributed by atoms with Gasteiger partial charge in [0.05, 0.1) is 0 Å². The zero-order chi connectivity index (χ0) is 5.40. The third kappa shape index (κ3) is 1.06. The van der Waals surface area contributed by atoms with E-state index in [1.807, 2.05) is 16.1 Å². The second-order valence-electron chi connectivity index (χ2n) is 1.44. The van der Waals surface area contributed by atoms with Gasteiger partial charge < -0.3 is 24.0 Å². The fourth-order valence-corrected chi connectivity index (χ4v) is 1.25. The summed E-state index contributed by atoms with van der Waals surface area (Å²) >= 11 is 1.61. The van der Waals surface area contributed by atoms with Crippen LogP contribution in [0.1, 0.15) is 0 Å². The van der Waals surface area contributed by atoms with Gasteiger partial charge in [0.1, 0.15) is 6.20 Å². The van der Waals surface area contributed by atoms with Crippen LogP contribution in [0.2, 0.25) is 0 Å². The minimum absolute atomic E-state index is 0. The number of hydrogen-bond donors (Lipinski definition) is 1. The van der Waals surface area contributed by atoms with Crippen LogP contribution < -0.4 is 28.5 Å². The molecule has 0 aliphatic carbocycles. The topological polar surface area (TPSA) is 32.8 Å². The molecule has 0 fully saturated rings. The molecule has 0 spiro atoms. The van der Waals surface area contributed by atoms with Crippen LogP contribution in [0.3, 0.4) is 0 Å². The SMILES string of the molecule is [I-].c1nc2scc[n+]2[nH]1. The van der Waals surface area contributed by atoms with Gasteiger partial charge in [0.2, 0.25) is 6.33 Å². The van der Waals surface area contributed by atoms with E-state index < -0.39 is 0 Å². The molecular formula is C4H4IN3S. The second kappa shape index (κ2) is 2.61. The number of nitrogens with zero attached hydrogens (tertiary/aromatic N) is 2. The molecule has 0 saturated carbocycles. The minimum atomic E-state index is 0. The molecule has 0 amide bonds. The highest BCUT2D eigenvalue weighted by Crippen LogP contribution is 1.96. The first-order valence-electron chi connectivity index (χ1n) is 2.25. The summed E-state index contributed by atoms with van der Waals surface area (Å²) in [5.74, 6) is 0. The molecule has 0 unspecified atom stereocenters. The lowest BCUT2D eigenvalue weighted by atomic mass is 11.0. The van der Waals surface area contributed by atoms with Crippen LogP contribution in [-0.4, -0.2) is 10.1 Å². The number of aromatic nitrogens is 3. The number of hydrogen-bond acceptors (Lipinski definition) is 2. The number of H-pyrrole nitrogens is 1. The van der Waals surface area contributed by atoms with E-state index in [0.717, 1.165) is 4.96 Å². The van der Waals surface area contributed by atoms with Gasteiger partial charge in [0, 0.05) is 5.38 Å². The van der Waals surface area contributed by atoms with Crippen LogP contribution in [0.15, 0.2) is 17.9 Å². The lowest BCUT2D eigenvalue weighted by molar-refractivity contribution is -0.573. The summed E-state index contributed by atoms with van der Waals surface area (Å²) in [6.07, 6.45) is 3.61. The van der Waals surface area contributed by atoms with Crippen LogP contribution in [0.5, 0.6) is 0 Å². The summed E-state index contributed by atoms with van der Waals surface area (Å²) in [5.41, 5.74) is 0. The fraction of sp³-hybridized carbons (Fsp3) is 0. The Balaban J connectivity index is 0.000000405. The molecule has 2 aromatic rings. The maximum atomic E-state index is 4.00. The van der Waals surface area contributed by atoms with Crippen LogP contribution >= 0.6 is 11.3 Å². The van der Waals surface area contributed by atoms with E-state index in [9.17, 15) is 0 Å². The van der Waals surface area contributed by atoms with Gasteiger partial charge in [-0.1, -0.05) is 0 Å². The summed E-state index contributed by atoms with van der Waals surface area (Å²) in [5, 5.41) is 4.90. The van der Waals surface area contributed by atoms with Crippen molar-refractivity contribution in [3.8, 4) is 0 Å². The van der Waals surface area contributed by atoms with Crippen molar-refractivity contribution in [2.75, 3.05) is 0 Å². The summed E-state index contributed by atoms with van der Waals surface area (Å²) in [7, 11) is 0. The standard InChI is InChI=1S/C4H3N3S.HI/c1-2-8-4-5-3-6-7(1)4;/h1-3H;1H. The van der Waals surface area contributed by atoms with Crippen molar-refractivity contribution >= 4 is 16.3 Å². The van der Waals surface area contributed by atoms with Crippen LogP contribution in [0.4, 0.5) is 0 Å². The Morgan fingerprint density at radius 3 is 3.33 bits per heavy atom. The fourth-order valence-electron chi connectivity index (χ4n) is 0.610. The molecule has 0 atom stereocenters. The maximum Gasteiger partial charge on any atom is 0.407 e. The Morgan fingerprint density at radius 2 is 2.56 bits per heavy atom. The van der Waals surface area contributed by atoms with E-state index >= 15 is 0 Å². The smallest absolute Gasteiger partial charge is 0.407 e. The molecule has 2 rings (SSSR count).